The summed E-state index contributed by atoms with van der Waals surface area (Å²) in [5, 5.41) is 40.6. The summed E-state index contributed by atoms with van der Waals surface area (Å²) in [6, 6.07) is 16.9. The summed E-state index contributed by atoms with van der Waals surface area (Å²) in [5.41, 5.74) is 12.6. The van der Waals surface area contributed by atoms with Crippen molar-refractivity contribution in [3.05, 3.63) is 94.9 Å². The van der Waals surface area contributed by atoms with E-state index >= 15 is 0 Å². The molecule has 4 aliphatic carbocycles. The van der Waals surface area contributed by atoms with Crippen LogP contribution in [0.5, 0.6) is 0 Å². The van der Waals surface area contributed by atoms with Gasteiger partial charge in [0, 0.05) is 91.1 Å². The summed E-state index contributed by atoms with van der Waals surface area (Å²) < 4.78 is 15.2. The molecule has 12 rings (SSSR count). The molecule has 1 saturated heterocycles. The number of nitrogens with two attached hydrogens (primary N) is 1. The number of nitrogens with one attached hydrogen (secondary N) is 5. The van der Waals surface area contributed by atoms with E-state index in [4.69, 9.17) is 35.4 Å². The Morgan fingerprint density at radius 2 is 1.59 bits per heavy atom. The van der Waals surface area contributed by atoms with Crippen molar-refractivity contribution in [2.45, 2.75) is 170 Å². The van der Waals surface area contributed by atoms with E-state index in [1.807, 2.05) is 78.7 Å². The van der Waals surface area contributed by atoms with Crippen LogP contribution >= 0.6 is 11.3 Å². The highest BCUT2D eigenvalue weighted by Gasteiger charge is 2.65. The molecule has 2 aromatic carbocycles. The van der Waals surface area contributed by atoms with Gasteiger partial charge in [-0.05, 0) is 155 Å². The third-order valence-electron chi connectivity index (χ3n) is 21.5. The zero-order chi connectivity index (χ0) is 71.3. The number of hydrogen-bond donors (Lipinski definition) is 7. The van der Waals surface area contributed by atoms with E-state index in [1.165, 1.54) is 24.2 Å². The molecule has 536 valence electrons. The molecular weight excluding hydrogens is 1290 g/mol. The molecular formula is C74H100N15O10S+. The van der Waals surface area contributed by atoms with Crippen LogP contribution < -0.4 is 37.2 Å². The number of benzene rings is 2. The summed E-state index contributed by atoms with van der Waals surface area (Å²) in [6.45, 7) is 19.5. The van der Waals surface area contributed by atoms with Crippen LogP contribution in [-0.2, 0) is 53.0 Å². The molecule has 4 unspecified atom stereocenters. The minimum Gasteiger partial charge on any atom is -0.476 e. The van der Waals surface area contributed by atoms with Crippen molar-refractivity contribution in [1.82, 2.24) is 50.8 Å². The molecule has 8 N–H and O–H groups in total. The van der Waals surface area contributed by atoms with Crippen molar-refractivity contribution in [3.63, 3.8) is 0 Å². The minimum atomic E-state index is -1.11. The van der Waals surface area contributed by atoms with Crippen LogP contribution in [0, 0.1) is 47.3 Å². The average Bonchev–Trinajstić information content (AvgIpc) is 0.776. The number of aromatic carboxylic acids is 1. The first-order valence-corrected chi connectivity index (χ1v) is 36.3. The van der Waals surface area contributed by atoms with Crippen molar-refractivity contribution >= 4 is 91.4 Å². The number of methoxy groups -OCH3 is 1. The normalized spacial score (nSPS) is 22.8. The molecule has 25 nitrogen and oxygen atoms in total. The standard InChI is InChI=1S/C74H99N15O10S/c1-46(2)61(82-59(90)26-34-99-35-30-87-60(91)36-47(3)67(87)94)66(93)79-56(18-12-28-76-69(75)97)65(92)78-51-22-20-50(21-23-51)38-89(8,32-15-33-98-9)31-14-27-73-40-71(6)39-72(7,41-73)43-74(42-71,44-73)45-88-49(5)54(37-77-88)53-24-25-58(81-62(53)68(95)96)86-29-13-16-52-48(4)63(84-85-64(52)86)83-70-80-55-17-10-11-19-57(55)100-70/h10-11,17,19-25,37,46-47,56,61H,12-16,18,26-36,38-45H2,1-9H3,(H7-,75,76,78,79,80,82,83,84,90,92,93,95,96,97)/p+1/t47?,56-,61-,71-,72+,73?,74?,89?/m0/s1. The number of carboxylic acids is 1. The summed E-state index contributed by atoms with van der Waals surface area (Å²) in [7, 11) is 4.07. The SMILES string of the molecule is COCCC[N+](C)(CCCC12CC3(Cn4ncc(-c5ccc(N6CCCc7c6nnc(Nc6nc8ccccc8s6)c7C)nc5C(=O)O)c4C)C[C@](C)(C1)C[C@](C)(C2)C3)Cc1ccc(NC(=O)[C@H](CCCNC(N)=O)NC(=O)[C@@H](NC(=O)CCOCCN2C(=O)CC(C)C2=O)C(C)C)cc1. The van der Waals surface area contributed by atoms with Gasteiger partial charge in [0.1, 0.15) is 24.4 Å². The van der Waals surface area contributed by atoms with Gasteiger partial charge in [-0.3, -0.25) is 33.6 Å². The molecule has 0 radical (unpaired) electrons. The molecule has 0 spiro atoms. The number of likely N-dealkylation sites (tertiary alicyclic amines) is 1. The lowest BCUT2D eigenvalue weighted by atomic mass is 9.35. The summed E-state index contributed by atoms with van der Waals surface area (Å²) in [4.78, 5) is 103. The van der Waals surface area contributed by atoms with E-state index in [9.17, 15) is 38.7 Å². The number of fused-ring (bicyclic) bond motifs is 2. The van der Waals surface area contributed by atoms with Gasteiger partial charge in [-0.1, -0.05) is 70.2 Å². The van der Waals surface area contributed by atoms with Crippen LogP contribution in [0.3, 0.4) is 0 Å². The lowest BCUT2D eigenvalue weighted by Gasteiger charge is -2.70. The number of aromatic nitrogens is 6. The van der Waals surface area contributed by atoms with E-state index < -0.39 is 41.8 Å². The van der Waals surface area contributed by atoms with Crippen LogP contribution in [0.1, 0.15) is 157 Å². The maximum atomic E-state index is 14.1. The quantitative estimate of drug-likeness (QED) is 0.0114. The molecule has 7 amide bonds. The zero-order valence-corrected chi connectivity index (χ0v) is 60.3. The Hall–Kier alpha value is -8.46. The van der Waals surface area contributed by atoms with Gasteiger partial charge in [-0.2, -0.15) is 5.10 Å². The van der Waals surface area contributed by atoms with E-state index in [0.717, 1.165) is 125 Å². The average molecular weight is 1390 g/mol. The van der Waals surface area contributed by atoms with Gasteiger partial charge in [0.2, 0.25) is 29.5 Å². The highest BCUT2D eigenvalue weighted by molar-refractivity contribution is 7.22. The molecule has 8 atom stereocenters. The third-order valence-corrected chi connectivity index (χ3v) is 22.4. The number of pyridine rings is 1. The monoisotopic (exact) mass is 1390 g/mol. The fourth-order valence-electron chi connectivity index (χ4n) is 18.1. The van der Waals surface area contributed by atoms with Gasteiger partial charge in [-0.25, -0.2) is 19.6 Å². The van der Waals surface area contributed by atoms with Gasteiger partial charge in [0.05, 0.1) is 62.9 Å². The molecule has 26 heteroatoms. The third kappa shape index (κ3) is 16.8. The predicted molar refractivity (Wildman–Crippen MR) is 383 cm³/mol. The Balaban J connectivity index is 0.720. The summed E-state index contributed by atoms with van der Waals surface area (Å²) >= 11 is 1.56. The number of hydrogen-bond acceptors (Lipinski definition) is 17. The predicted octanol–water partition coefficient (Wildman–Crippen LogP) is 10.1. The first kappa shape index (κ1) is 72.8. The summed E-state index contributed by atoms with van der Waals surface area (Å²) in [5.74, 6) is -1.93. The number of nitrogens with zero attached hydrogens (tertiary/aromatic N) is 9. The van der Waals surface area contributed by atoms with Gasteiger partial charge in [0.15, 0.2) is 22.5 Å². The molecule has 6 heterocycles. The maximum absolute atomic E-state index is 14.1. The number of carbonyl (C=O) groups is 7. The first-order chi connectivity index (χ1) is 47.7. The number of amides is 7. The molecule has 4 saturated carbocycles. The fraction of sp³-hybridized carbons (Fsp3) is 0.568. The Bertz CT molecular complexity index is 3970. The number of anilines is 5. The second kappa shape index (κ2) is 30.4. The molecule has 6 aromatic rings. The number of rotatable bonds is 33. The van der Waals surface area contributed by atoms with Gasteiger partial charge >= 0.3 is 12.0 Å². The van der Waals surface area contributed by atoms with E-state index in [1.54, 1.807) is 39.2 Å². The van der Waals surface area contributed by atoms with Gasteiger partial charge in [-0.15, -0.1) is 10.2 Å². The van der Waals surface area contributed by atoms with Gasteiger partial charge < -0.3 is 56.3 Å². The number of ether oxygens (including phenoxy) is 2. The van der Waals surface area contributed by atoms with Crippen molar-refractivity contribution in [2.75, 3.05) is 82.2 Å². The van der Waals surface area contributed by atoms with Gasteiger partial charge in [0.25, 0.3) is 0 Å². The Labute approximate surface area is 589 Å². The number of carbonyl (C=O) groups excluding carboxylic acids is 6. The minimum absolute atomic E-state index is 0.00679. The Kier molecular flexibility index (Phi) is 22.1. The zero-order valence-electron chi connectivity index (χ0n) is 59.5. The maximum Gasteiger partial charge on any atom is 0.355 e. The van der Waals surface area contributed by atoms with Crippen LogP contribution in [0.4, 0.5) is 33.1 Å². The number of carboxylic acid groups (broad SMARTS) is 1. The van der Waals surface area contributed by atoms with Crippen LogP contribution in [0.25, 0.3) is 21.3 Å². The van der Waals surface area contributed by atoms with Crippen LogP contribution in [0.15, 0.2) is 66.9 Å². The molecule has 4 aromatic heterocycles. The van der Waals surface area contributed by atoms with Crippen molar-refractivity contribution in [1.29, 1.82) is 0 Å². The lowest BCUT2D eigenvalue weighted by molar-refractivity contribution is -0.923. The van der Waals surface area contributed by atoms with Crippen LogP contribution in [0.2, 0.25) is 0 Å². The highest BCUT2D eigenvalue weighted by atomic mass is 32.1. The number of thiazole rings is 1. The van der Waals surface area contributed by atoms with Crippen molar-refractivity contribution in [3.8, 4) is 11.1 Å². The molecule has 5 fully saturated rings. The number of para-hydroxylation sites is 1. The smallest absolute Gasteiger partial charge is 0.355 e. The van der Waals surface area contributed by atoms with Crippen molar-refractivity contribution in [2.24, 2.45) is 39.2 Å². The van der Waals surface area contributed by atoms with E-state index in [0.29, 0.717) is 48.3 Å². The topological polar surface area (TPSA) is 320 Å². The van der Waals surface area contributed by atoms with E-state index in [-0.39, 0.29) is 96.6 Å². The second-order valence-corrected chi connectivity index (χ2v) is 31.7. The number of urea groups is 1. The largest absolute Gasteiger partial charge is 0.476 e. The second-order valence-electron chi connectivity index (χ2n) is 30.7. The van der Waals surface area contributed by atoms with E-state index in [2.05, 4.69) is 64.2 Å². The number of primary amides is 1. The lowest BCUT2D eigenvalue weighted by Crippen LogP contribution is -2.60. The molecule has 4 bridgehead atoms. The molecule has 2 aliphatic heterocycles. The molecule has 6 aliphatic rings. The van der Waals surface area contributed by atoms with Crippen molar-refractivity contribution < 1.29 is 52.6 Å². The summed E-state index contributed by atoms with van der Waals surface area (Å²) in [6.07, 6.45) is 14.1. The number of quaternary nitrogens is 1. The first-order valence-electron chi connectivity index (χ1n) is 35.5. The highest BCUT2D eigenvalue weighted by Crippen LogP contribution is 2.75. The molecule has 100 heavy (non-hydrogen) atoms. The number of imide groups is 1. The van der Waals surface area contributed by atoms with Crippen LogP contribution in [-0.4, -0.2) is 165 Å². The Morgan fingerprint density at radius 1 is 0.850 bits per heavy atom. The Morgan fingerprint density at radius 3 is 2.29 bits per heavy atom. The fourth-order valence-corrected chi connectivity index (χ4v) is 19.0.